The molecule has 2 fully saturated rings. The summed E-state index contributed by atoms with van der Waals surface area (Å²) in [6.45, 7) is 2.13. The Balaban J connectivity index is 1.95. The summed E-state index contributed by atoms with van der Waals surface area (Å²) in [5.41, 5.74) is 5.82. The fourth-order valence-electron chi connectivity index (χ4n) is 2.99. The monoisotopic (exact) mass is 256 g/mol. The fourth-order valence-corrected chi connectivity index (χ4v) is 2.99. The van der Waals surface area contributed by atoms with E-state index in [4.69, 9.17) is 15.2 Å². The zero-order valence-electron chi connectivity index (χ0n) is 11.1. The van der Waals surface area contributed by atoms with E-state index in [2.05, 4.69) is 0 Å². The SMILES string of the molecule is CN(C(=O)C1COCCO1)C1CCCCC1CN. The second-order valence-electron chi connectivity index (χ2n) is 5.23. The lowest BCUT2D eigenvalue weighted by molar-refractivity contribution is -0.160. The Kier molecular flexibility index (Phi) is 4.97. The number of rotatable bonds is 3. The van der Waals surface area contributed by atoms with Gasteiger partial charge in [-0.3, -0.25) is 4.79 Å². The van der Waals surface area contributed by atoms with Gasteiger partial charge in [0.05, 0.1) is 19.8 Å². The zero-order valence-corrected chi connectivity index (χ0v) is 11.1. The third-order valence-corrected chi connectivity index (χ3v) is 4.11. The molecule has 0 radical (unpaired) electrons. The maximum Gasteiger partial charge on any atom is 0.254 e. The molecule has 0 bridgehead atoms. The largest absolute Gasteiger partial charge is 0.376 e. The lowest BCUT2D eigenvalue weighted by Gasteiger charge is -2.39. The number of hydrogen-bond acceptors (Lipinski definition) is 4. The molecule has 0 aromatic carbocycles. The first-order chi connectivity index (χ1) is 8.74. The van der Waals surface area contributed by atoms with E-state index in [1.165, 1.54) is 12.8 Å². The Morgan fingerprint density at radius 2 is 2.11 bits per heavy atom. The van der Waals surface area contributed by atoms with Crippen LogP contribution in [0.25, 0.3) is 0 Å². The number of likely N-dealkylation sites (N-methyl/N-ethyl adjacent to an activating group) is 1. The topological polar surface area (TPSA) is 64.8 Å². The Bertz CT molecular complexity index is 279. The van der Waals surface area contributed by atoms with Gasteiger partial charge in [0.15, 0.2) is 6.10 Å². The van der Waals surface area contributed by atoms with Crippen molar-refractivity contribution in [3.63, 3.8) is 0 Å². The number of nitrogens with two attached hydrogens (primary N) is 1. The van der Waals surface area contributed by atoms with Crippen LogP contribution in [0.1, 0.15) is 25.7 Å². The van der Waals surface area contributed by atoms with Crippen molar-refractivity contribution < 1.29 is 14.3 Å². The van der Waals surface area contributed by atoms with Gasteiger partial charge in [0.1, 0.15) is 0 Å². The number of carbonyl (C=O) groups excluding carboxylic acids is 1. The first-order valence-electron chi connectivity index (χ1n) is 6.90. The van der Waals surface area contributed by atoms with Crippen molar-refractivity contribution in [3.05, 3.63) is 0 Å². The molecule has 1 saturated carbocycles. The summed E-state index contributed by atoms with van der Waals surface area (Å²) in [5, 5.41) is 0. The van der Waals surface area contributed by atoms with Crippen LogP contribution in [0.2, 0.25) is 0 Å². The van der Waals surface area contributed by atoms with Crippen LogP contribution in [-0.4, -0.2) is 56.4 Å². The summed E-state index contributed by atoms with van der Waals surface area (Å²) in [6.07, 6.45) is 4.16. The molecule has 2 aliphatic rings. The second kappa shape index (κ2) is 6.50. The number of amides is 1. The molecular weight excluding hydrogens is 232 g/mol. The van der Waals surface area contributed by atoms with Gasteiger partial charge in [0.25, 0.3) is 5.91 Å². The van der Waals surface area contributed by atoms with Crippen LogP contribution in [0.5, 0.6) is 0 Å². The number of ether oxygens (including phenoxy) is 2. The molecule has 18 heavy (non-hydrogen) atoms. The van der Waals surface area contributed by atoms with E-state index in [1.807, 2.05) is 11.9 Å². The number of hydrogen-bond donors (Lipinski definition) is 1. The van der Waals surface area contributed by atoms with Crippen LogP contribution < -0.4 is 5.73 Å². The van der Waals surface area contributed by atoms with Gasteiger partial charge in [-0.25, -0.2) is 0 Å². The van der Waals surface area contributed by atoms with Gasteiger partial charge < -0.3 is 20.1 Å². The Hall–Kier alpha value is -0.650. The predicted molar refractivity (Wildman–Crippen MR) is 68.1 cm³/mol. The van der Waals surface area contributed by atoms with Crippen LogP contribution in [0.15, 0.2) is 0 Å². The molecular formula is C13H24N2O3. The molecule has 5 heteroatoms. The Morgan fingerprint density at radius 3 is 2.78 bits per heavy atom. The fraction of sp³-hybridized carbons (Fsp3) is 0.923. The molecule has 1 aliphatic heterocycles. The normalized spacial score (nSPS) is 33.1. The van der Waals surface area contributed by atoms with Gasteiger partial charge in [0.2, 0.25) is 0 Å². The van der Waals surface area contributed by atoms with E-state index < -0.39 is 6.10 Å². The van der Waals surface area contributed by atoms with Crippen LogP contribution >= 0.6 is 0 Å². The standard InChI is InChI=1S/C13H24N2O3/c1-15(11-5-3-2-4-10(11)8-14)13(16)12-9-17-6-7-18-12/h10-12H,2-9,14H2,1H3. The number of nitrogens with zero attached hydrogens (tertiary/aromatic N) is 1. The third-order valence-electron chi connectivity index (χ3n) is 4.11. The highest BCUT2D eigenvalue weighted by Crippen LogP contribution is 2.27. The minimum absolute atomic E-state index is 0.0417. The summed E-state index contributed by atoms with van der Waals surface area (Å²) in [4.78, 5) is 14.2. The molecule has 2 N–H and O–H groups in total. The highest BCUT2D eigenvalue weighted by atomic mass is 16.6. The van der Waals surface area contributed by atoms with Crippen molar-refractivity contribution in [2.24, 2.45) is 11.7 Å². The molecule has 104 valence electrons. The maximum absolute atomic E-state index is 12.3. The molecule has 2 rings (SSSR count). The van der Waals surface area contributed by atoms with E-state index in [0.29, 0.717) is 32.3 Å². The lowest BCUT2D eigenvalue weighted by Crippen LogP contribution is -2.51. The summed E-state index contributed by atoms with van der Waals surface area (Å²) >= 11 is 0. The van der Waals surface area contributed by atoms with Crippen LogP contribution in [0, 0.1) is 5.92 Å². The third kappa shape index (κ3) is 3.02. The molecule has 3 atom stereocenters. The highest BCUT2D eigenvalue weighted by Gasteiger charge is 2.34. The zero-order chi connectivity index (χ0) is 13.0. The molecule has 0 spiro atoms. The highest BCUT2D eigenvalue weighted by molar-refractivity contribution is 5.81. The first kappa shape index (κ1) is 13.8. The molecule has 1 heterocycles. The van der Waals surface area contributed by atoms with Crippen molar-refractivity contribution >= 4 is 5.91 Å². The van der Waals surface area contributed by atoms with Gasteiger partial charge in [-0.1, -0.05) is 12.8 Å². The van der Waals surface area contributed by atoms with E-state index >= 15 is 0 Å². The molecule has 3 unspecified atom stereocenters. The molecule has 1 aliphatic carbocycles. The lowest BCUT2D eigenvalue weighted by atomic mass is 9.83. The summed E-state index contributed by atoms with van der Waals surface area (Å²) in [6, 6.07) is 0.266. The molecule has 0 aromatic heterocycles. The van der Waals surface area contributed by atoms with Crippen molar-refractivity contribution in [1.29, 1.82) is 0 Å². The first-order valence-corrected chi connectivity index (χ1v) is 6.90. The van der Waals surface area contributed by atoms with E-state index in [1.54, 1.807) is 0 Å². The van der Waals surface area contributed by atoms with Gasteiger partial charge >= 0.3 is 0 Å². The quantitative estimate of drug-likeness (QED) is 0.793. The van der Waals surface area contributed by atoms with Gasteiger partial charge in [-0.2, -0.15) is 0 Å². The molecule has 5 nitrogen and oxygen atoms in total. The van der Waals surface area contributed by atoms with E-state index in [0.717, 1.165) is 12.8 Å². The summed E-state index contributed by atoms with van der Waals surface area (Å²) in [7, 11) is 1.87. The van der Waals surface area contributed by atoms with Gasteiger partial charge in [0, 0.05) is 13.1 Å². The van der Waals surface area contributed by atoms with Crippen molar-refractivity contribution in [1.82, 2.24) is 4.90 Å². The van der Waals surface area contributed by atoms with E-state index in [-0.39, 0.29) is 11.9 Å². The minimum atomic E-state index is -0.427. The van der Waals surface area contributed by atoms with Gasteiger partial charge in [-0.15, -0.1) is 0 Å². The smallest absolute Gasteiger partial charge is 0.254 e. The molecule has 0 aromatic rings. The van der Waals surface area contributed by atoms with Crippen LogP contribution in [0.4, 0.5) is 0 Å². The Labute approximate surface area is 109 Å². The predicted octanol–water partition coefficient (Wildman–Crippen LogP) is 0.378. The van der Waals surface area contributed by atoms with Crippen LogP contribution in [-0.2, 0) is 14.3 Å². The van der Waals surface area contributed by atoms with Crippen molar-refractivity contribution in [3.8, 4) is 0 Å². The van der Waals surface area contributed by atoms with Gasteiger partial charge in [-0.05, 0) is 25.3 Å². The van der Waals surface area contributed by atoms with E-state index in [9.17, 15) is 4.79 Å². The maximum atomic E-state index is 12.3. The molecule has 1 amide bonds. The Morgan fingerprint density at radius 1 is 1.33 bits per heavy atom. The minimum Gasteiger partial charge on any atom is -0.376 e. The molecule has 1 saturated heterocycles. The average Bonchev–Trinajstić information content (AvgIpc) is 2.46. The van der Waals surface area contributed by atoms with Crippen molar-refractivity contribution in [2.75, 3.05) is 33.4 Å². The average molecular weight is 256 g/mol. The van der Waals surface area contributed by atoms with Crippen LogP contribution in [0.3, 0.4) is 0 Å². The summed E-state index contributed by atoms with van der Waals surface area (Å²) in [5.74, 6) is 0.470. The van der Waals surface area contributed by atoms with Crippen molar-refractivity contribution in [2.45, 2.75) is 37.8 Å². The second-order valence-corrected chi connectivity index (χ2v) is 5.23. The summed E-state index contributed by atoms with van der Waals surface area (Å²) < 4.78 is 10.8. The number of carbonyl (C=O) groups is 1.